The maximum absolute atomic E-state index is 15.2. The van der Waals surface area contributed by atoms with Crippen molar-refractivity contribution in [3.63, 3.8) is 0 Å². The molecule has 0 spiro atoms. The lowest BCUT2D eigenvalue weighted by molar-refractivity contribution is -0.124. The smallest absolute Gasteiger partial charge is 0.255 e. The minimum atomic E-state index is -1.01. The largest absolute Gasteiger partial charge is 0.347 e. The van der Waals surface area contributed by atoms with Gasteiger partial charge in [-0.05, 0) is 37.0 Å². The Bertz CT molecular complexity index is 1430. The van der Waals surface area contributed by atoms with Crippen LogP contribution in [-0.2, 0) is 4.79 Å². The number of aromatic nitrogens is 4. The van der Waals surface area contributed by atoms with E-state index in [1.54, 1.807) is 26.0 Å². The highest BCUT2D eigenvalue weighted by atomic mass is 19.1. The summed E-state index contributed by atoms with van der Waals surface area (Å²) in [4.78, 5) is 37.4. The van der Waals surface area contributed by atoms with Crippen molar-refractivity contribution in [3.8, 4) is 22.5 Å². The van der Waals surface area contributed by atoms with Crippen LogP contribution in [0.3, 0.4) is 0 Å². The first-order valence-electron chi connectivity index (χ1n) is 11.4. The standard InChI is InChI=1S/C26H23FN6O3/c1-15(30-25(35)26(9-10-26)32-24(34)18-12-28-14-29-13-18)19-8-7-17(11-22(19)27)20-5-3-4-6-21(20)23-31-16(2)36-33-23/h3-8,11-15H,9-10H2,1-2H3,(H,30,35)(H,32,34)/t15-/m1/s1. The monoisotopic (exact) mass is 486 g/mol. The van der Waals surface area contributed by atoms with Gasteiger partial charge in [0.15, 0.2) is 0 Å². The van der Waals surface area contributed by atoms with Gasteiger partial charge in [0.25, 0.3) is 5.91 Å². The fourth-order valence-electron chi connectivity index (χ4n) is 4.04. The van der Waals surface area contributed by atoms with E-state index in [2.05, 4.69) is 30.7 Å². The number of benzene rings is 2. The highest BCUT2D eigenvalue weighted by Gasteiger charge is 2.51. The van der Waals surface area contributed by atoms with Crippen LogP contribution < -0.4 is 10.6 Å². The molecule has 182 valence electrons. The van der Waals surface area contributed by atoms with Gasteiger partial charge in [0, 0.05) is 30.4 Å². The molecule has 0 aliphatic heterocycles. The van der Waals surface area contributed by atoms with E-state index in [-0.39, 0.29) is 11.5 Å². The van der Waals surface area contributed by atoms with Crippen molar-refractivity contribution in [3.05, 3.63) is 84.0 Å². The summed E-state index contributed by atoms with van der Waals surface area (Å²) in [5.74, 6) is -0.391. The number of aryl methyl sites for hydroxylation is 1. The summed E-state index contributed by atoms with van der Waals surface area (Å²) in [7, 11) is 0. The third-order valence-electron chi connectivity index (χ3n) is 6.18. The molecule has 2 N–H and O–H groups in total. The second kappa shape index (κ2) is 9.29. The summed E-state index contributed by atoms with van der Waals surface area (Å²) in [6.07, 6.45) is 5.09. The molecular weight excluding hydrogens is 463 g/mol. The lowest BCUT2D eigenvalue weighted by atomic mass is 9.96. The zero-order valence-corrected chi connectivity index (χ0v) is 19.7. The molecule has 2 aromatic carbocycles. The van der Waals surface area contributed by atoms with Gasteiger partial charge in [-0.1, -0.05) is 41.6 Å². The Morgan fingerprint density at radius 2 is 1.81 bits per heavy atom. The molecule has 2 heterocycles. The molecule has 1 saturated carbocycles. The van der Waals surface area contributed by atoms with E-state index in [0.29, 0.717) is 35.7 Å². The van der Waals surface area contributed by atoms with Crippen LogP contribution in [0, 0.1) is 12.7 Å². The molecule has 9 nitrogen and oxygen atoms in total. The molecule has 5 rings (SSSR count). The summed E-state index contributed by atoms with van der Waals surface area (Å²) in [6, 6.07) is 11.7. The molecule has 2 aromatic heterocycles. The normalized spacial score (nSPS) is 14.6. The Balaban J connectivity index is 1.32. The molecule has 0 radical (unpaired) electrons. The van der Waals surface area contributed by atoms with Crippen molar-refractivity contribution in [2.45, 2.75) is 38.3 Å². The maximum atomic E-state index is 15.2. The molecule has 1 aliphatic rings. The molecule has 2 amide bonds. The van der Waals surface area contributed by atoms with Crippen molar-refractivity contribution in [2.75, 3.05) is 0 Å². The van der Waals surface area contributed by atoms with E-state index in [9.17, 15) is 9.59 Å². The van der Waals surface area contributed by atoms with Crippen LogP contribution in [0.15, 0.2) is 65.7 Å². The van der Waals surface area contributed by atoms with Crippen molar-refractivity contribution < 1.29 is 18.5 Å². The SMILES string of the molecule is Cc1nc(-c2ccccc2-c2ccc([C@@H](C)NC(=O)C3(NC(=O)c4cncnc4)CC3)c(F)c2)no1. The Labute approximate surface area is 206 Å². The molecule has 1 atom stereocenters. The van der Waals surface area contributed by atoms with Gasteiger partial charge < -0.3 is 15.2 Å². The molecule has 36 heavy (non-hydrogen) atoms. The van der Waals surface area contributed by atoms with Crippen LogP contribution in [0.1, 0.15) is 47.6 Å². The van der Waals surface area contributed by atoms with E-state index in [0.717, 1.165) is 11.1 Å². The van der Waals surface area contributed by atoms with Gasteiger partial charge >= 0.3 is 0 Å². The Hall–Kier alpha value is -4.47. The zero-order valence-electron chi connectivity index (χ0n) is 19.7. The minimum absolute atomic E-state index is 0.266. The van der Waals surface area contributed by atoms with Crippen molar-refractivity contribution in [1.82, 2.24) is 30.7 Å². The Morgan fingerprint density at radius 3 is 2.44 bits per heavy atom. The van der Waals surface area contributed by atoms with E-state index in [4.69, 9.17) is 4.52 Å². The number of rotatable bonds is 7. The van der Waals surface area contributed by atoms with Crippen LogP contribution in [0.25, 0.3) is 22.5 Å². The number of nitrogens with one attached hydrogen (secondary N) is 2. The van der Waals surface area contributed by atoms with Gasteiger partial charge in [-0.25, -0.2) is 14.4 Å². The molecule has 1 fully saturated rings. The lowest BCUT2D eigenvalue weighted by Crippen LogP contribution is -2.49. The number of nitrogens with zero attached hydrogens (tertiary/aromatic N) is 4. The molecule has 10 heteroatoms. The van der Waals surface area contributed by atoms with Gasteiger partial charge in [-0.3, -0.25) is 9.59 Å². The summed E-state index contributed by atoms with van der Waals surface area (Å²) in [5, 5.41) is 9.58. The lowest BCUT2D eigenvalue weighted by Gasteiger charge is -2.21. The summed E-state index contributed by atoms with van der Waals surface area (Å²) in [6.45, 7) is 3.41. The fraction of sp³-hybridized carbons (Fsp3) is 0.231. The van der Waals surface area contributed by atoms with E-state index >= 15 is 4.39 Å². The van der Waals surface area contributed by atoms with Crippen molar-refractivity contribution in [1.29, 1.82) is 0 Å². The van der Waals surface area contributed by atoms with Crippen molar-refractivity contribution >= 4 is 11.8 Å². The fourth-order valence-corrected chi connectivity index (χ4v) is 4.04. The highest BCUT2D eigenvalue weighted by Crippen LogP contribution is 2.37. The summed E-state index contributed by atoms with van der Waals surface area (Å²) >= 11 is 0. The van der Waals surface area contributed by atoms with Crippen LogP contribution in [0.5, 0.6) is 0 Å². The first-order chi connectivity index (χ1) is 17.4. The number of carbonyl (C=O) groups is 2. The van der Waals surface area contributed by atoms with Crippen LogP contribution in [-0.4, -0.2) is 37.5 Å². The van der Waals surface area contributed by atoms with Gasteiger partial charge in [-0.15, -0.1) is 0 Å². The Morgan fingerprint density at radius 1 is 1.08 bits per heavy atom. The van der Waals surface area contributed by atoms with Crippen molar-refractivity contribution in [2.24, 2.45) is 0 Å². The predicted molar refractivity (Wildman–Crippen MR) is 128 cm³/mol. The van der Waals surface area contributed by atoms with Crippen LogP contribution in [0.2, 0.25) is 0 Å². The number of halogens is 1. The summed E-state index contributed by atoms with van der Waals surface area (Å²) in [5.41, 5.74) is 1.70. The quantitative estimate of drug-likeness (QED) is 0.407. The average Bonchev–Trinajstić information content (AvgIpc) is 3.55. The second-order valence-corrected chi connectivity index (χ2v) is 8.78. The van der Waals surface area contributed by atoms with Crippen LogP contribution >= 0.6 is 0 Å². The number of hydrogen-bond donors (Lipinski definition) is 2. The van der Waals surface area contributed by atoms with E-state index in [1.807, 2.05) is 24.3 Å². The third kappa shape index (κ3) is 4.57. The number of carbonyl (C=O) groups excluding carboxylic acids is 2. The first kappa shape index (κ1) is 23.3. The van der Waals surface area contributed by atoms with Gasteiger partial charge in [0.2, 0.25) is 17.6 Å². The summed E-state index contributed by atoms with van der Waals surface area (Å²) < 4.78 is 20.3. The van der Waals surface area contributed by atoms with E-state index in [1.165, 1.54) is 24.8 Å². The molecule has 4 aromatic rings. The van der Waals surface area contributed by atoms with Gasteiger partial charge in [0.05, 0.1) is 11.6 Å². The number of hydrogen-bond acceptors (Lipinski definition) is 7. The molecule has 0 bridgehead atoms. The maximum Gasteiger partial charge on any atom is 0.255 e. The highest BCUT2D eigenvalue weighted by molar-refractivity contribution is 6.00. The molecular formula is C26H23FN6O3. The third-order valence-corrected chi connectivity index (χ3v) is 6.18. The topological polar surface area (TPSA) is 123 Å². The minimum Gasteiger partial charge on any atom is -0.347 e. The molecule has 1 aliphatic carbocycles. The van der Waals surface area contributed by atoms with Gasteiger partial charge in [0.1, 0.15) is 17.7 Å². The zero-order chi connectivity index (χ0) is 25.3. The average molecular weight is 487 g/mol. The predicted octanol–water partition coefficient (Wildman–Crippen LogP) is 3.78. The first-order valence-corrected chi connectivity index (χ1v) is 11.4. The Kier molecular flexibility index (Phi) is 6.01. The van der Waals surface area contributed by atoms with Crippen LogP contribution in [0.4, 0.5) is 4.39 Å². The number of amides is 2. The second-order valence-electron chi connectivity index (χ2n) is 8.78. The van der Waals surface area contributed by atoms with Gasteiger partial charge in [-0.2, -0.15) is 4.98 Å². The molecule has 0 unspecified atom stereocenters. The van der Waals surface area contributed by atoms with E-state index < -0.39 is 23.3 Å². The molecule has 0 saturated heterocycles.